The van der Waals surface area contributed by atoms with Gasteiger partial charge in [-0.15, -0.1) is 11.8 Å². The lowest BCUT2D eigenvalue weighted by Crippen LogP contribution is -2.04. The second-order valence-electron chi connectivity index (χ2n) is 6.41. The lowest BCUT2D eigenvalue weighted by molar-refractivity contribution is -0.133. The summed E-state index contributed by atoms with van der Waals surface area (Å²) in [5, 5.41) is 8.91. The van der Waals surface area contributed by atoms with Gasteiger partial charge in [0, 0.05) is 17.2 Å². The van der Waals surface area contributed by atoms with Gasteiger partial charge >= 0.3 is 5.97 Å². The molecule has 5 nitrogen and oxygen atoms in total. The number of aryl methyl sites for hydroxylation is 1. The van der Waals surface area contributed by atoms with E-state index in [9.17, 15) is 4.79 Å². The molecule has 0 saturated carbocycles. The number of aliphatic carboxylic acids is 1. The van der Waals surface area contributed by atoms with E-state index in [1.165, 1.54) is 11.8 Å². The highest BCUT2D eigenvalue weighted by molar-refractivity contribution is 8.00. The Bertz CT molecular complexity index is 923. The Morgan fingerprint density at radius 1 is 1.21 bits per heavy atom. The zero-order chi connectivity index (χ0) is 19.9. The van der Waals surface area contributed by atoms with Crippen molar-refractivity contribution in [2.45, 2.75) is 25.5 Å². The first kappa shape index (κ1) is 20.0. The third kappa shape index (κ3) is 5.39. The van der Waals surface area contributed by atoms with Gasteiger partial charge < -0.3 is 14.3 Å². The minimum atomic E-state index is -0.804. The average Bonchev–Trinajstić information content (AvgIpc) is 3.08. The summed E-state index contributed by atoms with van der Waals surface area (Å²) < 4.78 is 11.7. The second-order valence-corrected chi connectivity index (χ2v) is 7.73. The van der Waals surface area contributed by atoms with E-state index in [2.05, 4.69) is 4.98 Å². The fraction of sp³-hybridized carbons (Fsp3) is 0.273. The number of hydrogen-bond donors (Lipinski definition) is 1. The molecule has 0 spiro atoms. The Morgan fingerprint density at radius 2 is 2.00 bits per heavy atom. The predicted molar refractivity (Wildman–Crippen MR) is 111 cm³/mol. The van der Waals surface area contributed by atoms with E-state index >= 15 is 0 Å². The lowest BCUT2D eigenvalue weighted by Gasteiger charge is -2.12. The molecular formula is C22H23NO4S. The number of rotatable bonds is 9. The number of carboxylic acid groups (broad SMARTS) is 1. The normalized spacial score (nSPS) is 11.9. The maximum absolute atomic E-state index is 10.7. The SMILES string of the molecule is Cc1oc(-c2ccccc2)nc1CCOc1cccc(C(C)SCC(=O)O)c1. The van der Waals surface area contributed by atoms with Gasteiger partial charge in [0.15, 0.2) is 0 Å². The van der Waals surface area contributed by atoms with E-state index in [-0.39, 0.29) is 11.0 Å². The Balaban J connectivity index is 1.57. The fourth-order valence-corrected chi connectivity index (χ4v) is 3.51. The van der Waals surface area contributed by atoms with E-state index in [1.807, 2.05) is 68.4 Å². The van der Waals surface area contributed by atoms with Crippen molar-refractivity contribution in [3.63, 3.8) is 0 Å². The molecule has 1 N–H and O–H groups in total. The molecule has 3 rings (SSSR count). The highest BCUT2D eigenvalue weighted by Gasteiger charge is 2.12. The van der Waals surface area contributed by atoms with Crippen molar-refractivity contribution < 1.29 is 19.1 Å². The van der Waals surface area contributed by atoms with Gasteiger partial charge in [-0.05, 0) is 43.7 Å². The van der Waals surface area contributed by atoms with Crippen LogP contribution < -0.4 is 4.74 Å². The van der Waals surface area contributed by atoms with Crippen LogP contribution in [-0.2, 0) is 11.2 Å². The molecule has 3 aromatic rings. The molecule has 1 unspecified atom stereocenters. The van der Waals surface area contributed by atoms with Crippen molar-refractivity contribution in [3.8, 4) is 17.2 Å². The number of oxazole rings is 1. The largest absolute Gasteiger partial charge is 0.493 e. The van der Waals surface area contributed by atoms with Crippen LogP contribution in [-0.4, -0.2) is 28.4 Å². The average molecular weight is 397 g/mol. The zero-order valence-corrected chi connectivity index (χ0v) is 16.7. The molecule has 0 aliphatic carbocycles. The Kier molecular flexibility index (Phi) is 6.76. The molecule has 1 aromatic heterocycles. The maximum atomic E-state index is 10.7. The summed E-state index contributed by atoms with van der Waals surface area (Å²) in [7, 11) is 0. The molecular weight excluding hydrogens is 374 g/mol. The summed E-state index contributed by atoms with van der Waals surface area (Å²) in [5.74, 6) is 1.47. The number of carbonyl (C=O) groups is 1. The van der Waals surface area contributed by atoms with Crippen LogP contribution in [0.4, 0.5) is 0 Å². The van der Waals surface area contributed by atoms with Crippen LogP contribution >= 0.6 is 11.8 Å². The third-order valence-electron chi connectivity index (χ3n) is 4.31. The van der Waals surface area contributed by atoms with Crippen LogP contribution in [0.3, 0.4) is 0 Å². The van der Waals surface area contributed by atoms with Crippen LogP contribution in [0.5, 0.6) is 5.75 Å². The van der Waals surface area contributed by atoms with E-state index in [4.69, 9.17) is 14.3 Å². The Morgan fingerprint density at radius 3 is 2.75 bits per heavy atom. The summed E-state index contributed by atoms with van der Waals surface area (Å²) in [6.45, 7) is 4.40. The van der Waals surface area contributed by atoms with Crippen molar-refractivity contribution in [1.29, 1.82) is 0 Å². The van der Waals surface area contributed by atoms with Gasteiger partial charge in [0.25, 0.3) is 0 Å². The molecule has 0 radical (unpaired) electrons. The van der Waals surface area contributed by atoms with Gasteiger partial charge in [-0.1, -0.05) is 30.3 Å². The van der Waals surface area contributed by atoms with E-state index in [1.54, 1.807) is 0 Å². The molecule has 1 heterocycles. The van der Waals surface area contributed by atoms with Crippen LogP contribution in [0, 0.1) is 6.92 Å². The van der Waals surface area contributed by atoms with Crippen LogP contribution in [0.1, 0.15) is 29.2 Å². The smallest absolute Gasteiger partial charge is 0.313 e. The quantitative estimate of drug-likeness (QED) is 0.538. The summed E-state index contributed by atoms with van der Waals surface area (Å²) in [6.07, 6.45) is 0.649. The molecule has 0 aliphatic rings. The summed E-state index contributed by atoms with van der Waals surface area (Å²) >= 11 is 1.39. The van der Waals surface area contributed by atoms with Gasteiger partial charge in [-0.2, -0.15) is 0 Å². The highest BCUT2D eigenvalue weighted by atomic mass is 32.2. The second kappa shape index (κ2) is 9.46. The van der Waals surface area contributed by atoms with Crippen molar-refractivity contribution in [1.82, 2.24) is 4.98 Å². The lowest BCUT2D eigenvalue weighted by atomic mass is 10.1. The van der Waals surface area contributed by atoms with Gasteiger partial charge in [-0.3, -0.25) is 4.79 Å². The first-order chi connectivity index (χ1) is 13.5. The van der Waals surface area contributed by atoms with Crippen LogP contribution in [0.2, 0.25) is 0 Å². The topological polar surface area (TPSA) is 72.6 Å². The minimum absolute atomic E-state index is 0.0848. The zero-order valence-electron chi connectivity index (χ0n) is 15.9. The monoisotopic (exact) mass is 397 g/mol. The number of hydrogen-bond acceptors (Lipinski definition) is 5. The van der Waals surface area contributed by atoms with Crippen molar-refractivity contribution in [2.24, 2.45) is 0 Å². The first-order valence-electron chi connectivity index (χ1n) is 9.11. The number of aromatic nitrogens is 1. The highest BCUT2D eigenvalue weighted by Crippen LogP contribution is 2.30. The molecule has 0 saturated heterocycles. The van der Waals surface area contributed by atoms with E-state index < -0.39 is 5.97 Å². The maximum Gasteiger partial charge on any atom is 0.313 e. The first-order valence-corrected chi connectivity index (χ1v) is 10.2. The summed E-state index contributed by atoms with van der Waals surface area (Å²) in [4.78, 5) is 15.3. The van der Waals surface area contributed by atoms with Gasteiger partial charge in [-0.25, -0.2) is 4.98 Å². The fourth-order valence-electron chi connectivity index (χ4n) is 2.78. The number of thioether (sulfide) groups is 1. The number of nitrogens with zero attached hydrogens (tertiary/aromatic N) is 1. The Labute approximate surface area is 168 Å². The van der Waals surface area contributed by atoms with Crippen LogP contribution in [0.25, 0.3) is 11.5 Å². The van der Waals surface area contributed by atoms with Gasteiger partial charge in [0.05, 0.1) is 18.1 Å². The molecule has 6 heteroatoms. The molecule has 1 atom stereocenters. The predicted octanol–water partition coefficient (Wildman–Crippen LogP) is 5.15. The summed E-state index contributed by atoms with van der Waals surface area (Å²) in [6, 6.07) is 17.6. The van der Waals surface area contributed by atoms with Crippen molar-refractivity contribution in [2.75, 3.05) is 12.4 Å². The third-order valence-corrected chi connectivity index (χ3v) is 5.49. The molecule has 2 aromatic carbocycles. The van der Waals surface area contributed by atoms with E-state index in [0.717, 1.165) is 28.3 Å². The van der Waals surface area contributed by atoms with E-state index in [0.29, 0.717) is 18.9 Å². The Hall–Kier alpha value is -2.73. The van der Waals surface area contributed by atoms with Gasteiger partial charge in [0.2, 0.25) is 5.89 Å². The number of carboxylic acids is 1. The number of benzene rings is 2. The van der Waals surface area contributed by atoms with Crippen molar-refractivity contribution in [3.05, 3.63) is 71.6 Å². The van der Waals surface area contributed by atoms with Crippen LogP contribution in [0.15, 0.2) is 59.0 Å². The molecule has 28 heavy (non-hydrogen) atoms. The van der Waals surface area contributed by atoms with Crippen molar-refractivity contribution >= 4 is 17.7 Å². The number of ether oxygens (including phenoxy) is 1. The molecule has 0 fully saturated rings. The standard InChI is InChI=1S/C22H23NO4S/c1-15-20(23-22(27-15)17-7-4-3-5-8-17)11-12-26-19-10-6-9-18(13-19)16(2)28-14-21(24)25/h3-10,13,16H,11-12,14H2,1-2H3,(H,24,25). The summed E-state index contributed by atoms with van der Waals surface area (Å²) in [5.41, 5.74) is 2.89. The molecule has 0 bridgehead atoms. The molecule has 0 aliphatic heterocycles. The minimum Gasteiger partial charge on any atom is -0.493 e. The molecule has 146 valence electrons. The molecule has 0 amide bonds. The van der Waals surface area contributed by atoms with Gasteiger partial charge in [0.1, 0.15) is 11.5 Å².